The molecule has 1 aromatic heterocycles. The minimum absolute atomic E-state index is 0.0401. The summed E-state index contributed by atoms with van der Waals surface area (Å²) in [6.45, 7) is 7.86. The van der Waals surface area contributed by atoms with Crippen LogP contribution in [-0.2, 0) is 16.1 Å². The van der Waals surface area contributed by atoms with E-state index in [4.69, 9.17) is 4.74 Å². The molecule has 0 bridgehead atoms. The third-order valence-electron chi connectivity index (χ3n) is 5.30. The molecule has 4 rings (SSSR count). The lowest BCUT2D eigenvalue weighted by molar-refractivity contribution is -0.156. The third-order valence-corrected chi connectivity index (χ3v) is 5.30. The highest BCUT2D eigenvalue weighted by Crippen LogP contribution is 2.35. The Bertz CT molecular complexity index is 1120. The van der Waals surface area contributed by atoms with Crippen molar-refractivity contribution in [3.8, 4) is 11.1 Å². The fourth-order valence-electron chi connectivity index (χ4n) is 3.72. The van der Waals surface area contributed by atoms with E-state index in [0.717, 1.165) is 27.9 Å². The predicted octanol–water partition coefficient (Wildman–Crippen LogP) is 4.75. The lowest BCUT2D eigenvalue weighted by atomic mass is 9.99. The van der Waals surface area contributed by atoms with E-state index in [1.165, 1.54) is 6.33 Å². The highest BCUT2D eigenvalue weighted by atomic mass is 16.6. The van der Waals surface area contributed by atoms with Gasteiger partial charge in [-0.05, 0) is 62.6 Å². The zero-order chi connectivity index (χ0) is 22.2. The molecule has 6 heteroatoms. The Balaban J connectivity index is 1.57. The van der Waals surface area contributed by atoms with Crippen LogP contribution in [-0.4, -0.2) is 27.4 Å². The summed E-state index contributed by atoms with van der Waals surface area (Å²) in [7, 11) is 0. The summed E-state index contributed by atoms with van der Waals surface area (Å²) in [5.74, 6) is -0.689. The summed E-state index contributed by atoms with van der Waals surface area (Å²) in [5, 5.41) is 0. The van der Waals surface area contributed by atoms with Crippen molar-refractivity contribution in [2.24, 2.45) is 0 Å². The molecule has 1 unspecified atom stereocenters. The molecule has 2 heterocycles. The van der Waals surface area contributed by atoms with Crippen LogP contribution in [0.4, 0.5) is 5.69 Å². The van der Waals surface area contributed by atoms with Gasteiger partial charge in [-0.2, -0.15) is 0 Å². The lowest BCUT2D eigenvalue weighted by Gasteiger charge is -2.23. The maximum absolute atomic E-state index is 13.1. The number of hydrogen-bond donors (Lipinski definition) is 0. The van der Waals surface area contributed by atoms with Crippen molar-refractivity contribution in [1.29, 1.82) is 0 Å². The van der Waals surface area contributed by atoms with Crippen LogP contribution >= 0.6 is 0 Å². The standard InChI is InChI=1S/C25H25N3O3/c1-16(24(30)31-25(2,3)4)17-8-10-19(11-9-17)28-14-22-20(18-12-26-15-27-13-18)6-5-7-21(22)23(28)29/h5-13,15-16H,14H2,1-4H3. The first-order valence-electron chi connectivity index (χ1n) is 10.3. The Labute approximate surface area is 181 Å². The van der Waals surface area contributed by atoms with Crippen molar-refractivity contribution in [3.05, 3.63) is 77.9 Å². The molecule has 3 aromatic rings. The second-order valence-electron chi connectivity index (χ2n) is 8.70. The number of amides is 1. The number of esters is 1. The van der Waals surface area contributed by atoms with Gasteiger partial charge in [0.25, 0.3) is 5.91 Å². The van der Waals surface area contributed by atoms with Gasteiger partial charge >= 0.3 is 5.97 Å². The summed E-state index contributed by atoms with van der Waals surface area (Å²) >= 11 is 0. The average Bonchev–Trinajstić information content (AvgIpc) is 3.09. The topological polar surface area (TPSA) is 72.4 Å². The molecule has 1 aliphatic heterocycles. The van der Waals surface area contributed by atoms with Crippen molar-refractivity contribution < 1.29 is 14.3 Å². The van der Waals surface area contributed by atoms with E-state index in [9.17, 15) is 9.59 Å². The van der Waals surface area contributed by atoms with E-state index in [2.05, 4.69) is 9.97 Å². The Morgan fingerprint density at radius 2 is 1.68 bits per heavy atom. The molecule has 0 fully saturated rings. The molecule has 1 aliphatic rings. The summed E-state index contributed by atoms with van der Waals surface area (Å²) in [6.07, 6.45) is 5.00. The van der Waals surface area contributed by atoms with Gasteiger partial charge in [-0.3, -0.25) is 9.59 Å². The van der Waals surface area contributed by atoms with Gasteiger partial charge in [-0.15, -0.1) is 0 Å². The normalized spacial score (nSPS) is 14.3. The highest BCUT2D eigenvalue weighted by Gasteiger charge is 2.31. The molecule has 0 spiro atoms. The van der Waals surface area contributed by atoms with Gasteiger partial charge in [0, 0.05) is 29.2 Å². The first-order valence-corrected chi connectivity index (χ1v) is 10.3. The quantitative estimate of drug-likeness (QED) is 0.575. The zero-order valence-electron chi connectivity index (χ0n) is 18.1. The van der Waals surface area contributed by atoms with Crippen LogP contribution in [0.1, 0.15) is 55.1 Å². The summed E-state index contributed by atoms with van der Waals surface area (Å²) < 4.78 is 5.48. The van der Waals surface area contributed by atoms with Crippen molar-refractivity contribution in [1.82, 2.24) is 9.97 Å². The number of carbonyl (C=O) groups is 2. The van der Waals surface area contributed by atoms with Gasteiger partial charge < -0.3 is 9.64 Å². The smallest absolute Gasteiger partial charge is 0.313 e. The molecule has 0 radical (unpaired) electrons. The number of anilines is 1. The Hall–Kier alpha value is -3.54. The van der Waals surface area contributed by atoms with Crippen LogP contribution in [0, 0.1) is 0 Å². The Morgan fingerprint density at radius 3 is 2.32 bits per heavy atom. The van der Waals surface area contributed by atoms with Gasteiger partial charge in [0.15, 0.2) is 0 Å². The summed E-state index contributed by atoms with van der Waals surface area (Å²) in [6, 6.07) is 13.2. The molecule has 0 aliphatic carbocycles. The van der Waals surface area contributed by atoms with E-state index < -0.39 is 5.60 Å². The van der Waals surface area contributed by atoms with E-state index >= 15 is 0 Å². The van der Waals surface area contributed by atoms with E-state index in [1.807, 2.05) is 70.2 Å². The zero-order valence-corrected chi connectivity index (χ0v) is 18.1. The summed E-state index contributed by atoms with van der Waals surface area (Å²) in [4.78, 5) is 35.4. The van der Waals surface area contributed by atoms with E-state index in [-0.39, 0.29) is 17.8 Å². The van der Waals surface area contributed by atoms with Crippen molar-refractivity contribution in [3.63, 3.8) is 0 Å². The van der Waals surface area contributed by atoms with Crippen molar-refractivity contribution >= 4 is 17.6 Å². The molecule has 31 heavy (non-hydrogen) atoms. The molecular formula is C25H25N3O3. The minimum Gasteiger partial charge on any atom is -0.460 e. The number of nitrogens with zero attached hydrogens (tertiary/aromatic N) is 3. The molecular weight excluding hydrogens is 390 g/mol. The van der Waals surface area contributed by atoms with Crippen LogP contribution in [0.2, 0.25) is 0 Å². The van der Waals surface area contributed by atoms with Gasteiger partial charge in [0.2, 0.25) is 0 Å². The fraction of sp³-hybridized carbons (Fsp3) is 0.280. The molecule has 2 aromatic carbocycles. The summed E-state index contributed by atoms with van der Waals surface area (Å²) in [5.41, 5.74) is 4.61. The molecule has 6 nitrogen and oxygen atoms in total. The number of rotatable bonds is 4. The van der Waals surface area contributed by atoms with Crippen LogP contribution in [0.5, 0.6) is 0 Å². The molecule has 0 N–H and O–H groups in total. The van der Waals surface area contributed by atoms with Gasteiger partial charge in [-0.25, -0.2) is 9.97 Å². The molecule has 1 amide bonds. The average molecular weight is 415 g/mol. The van der Waals surface area contributed by atoms with Crippen LogP contribution in [0.15, 0.2) is 61.2 Å². The monoisotopic (exact) mass is 415 g/mol. The fourth-order valence-corrected chi connectivity index (χ4v) is 3.72. The minimum atomic E-state index is -0.527. The first-order chi connectivity index (χ1) is 14.7. The number of fused-ring (bicyclic) bond motifs is 1. The Morgan fingerprint density at radius 1 is 1.03 bits per heavy atom. The van der Waals surface area contributed by atoms with Gasteiger partial charge in [0.05, 0.1) is 12.5 Å². The SMILES string of the molecule is CC(C(=O)OC(C)(C)C)c1ccc(N2Cc3c(cccc3-c3cncnc3)C2=O)cc1. The number of ether oxygens (including phenoxy) is 1. The van der Waals surface area contributed by atoms with Gasteiger partial charge in [0.1, 0.15) is 11.9 Å². The van der Waals surface area contributed by atoms with Crippen molar-refractivity contribution in [2.45, 2.75) is 45.8 Å². The van der Waals surface area contributed by atoms with E-state index in [0.29, 0.717) is 12.1 Å². The van der Waals surface area contributed by atoms with Crippen LogP contribution < -0.4 is 4.90 Å². The second-order valence-corrected chi connectivity index (χ2v) is 8.70. The Kier molecular flexibility index (Phi) is 5.31. The van der Waals surface area contributed by atoms with Crippen LogP contribution in [0.3, 0.4) is 0 Å². The lowest BCUT2D eigenvalue weighted by Crippen LogP contribution is -2.27. The highest BCUT2D eigenvalue weighted by molar-refractivity contribution is 6.11. The molecule has 1 atom stereocenters. The molecule has 0 saturated heterocycles. The van der Waals surface area contributed by atoms with Gasteiger partial charge in [-0.1, -0.05) is 24.3 Å². The second kappa shape index (κ2) is 7.95. The third kappa shape index (κ3) is 4.19. The maximum atomic E-state index is 13.1. The van der Waals surface area contributed by atoms with E-state index in [1.54, 1.807) is 17.3 Å². The number of benzene rings is 2. The van der Waals surface area contributed by atoms with Crippen LogP contribution in [0.25, 0.3) is 11.1 Å². The first kappa shape index (κ1) is 20.7. The number of carbonyl (C=O) groups excluding carboxylic acids is 2. The maximum Gasteiger partial charge on any atom is 0.313 e. The predicted molar refractivity (Wildman–Crippen MR) is 119 cm³/mol. The van der Waals surface area contributed by atoms with Crippen molar-refractivity contribution in [2.75, 3.05) is 4.90 Å². The number of aromatic nitrogens is 2. The largest absolute Gasteiger partial charge is 0.460 e. The molecule has 0 saturated carbocycles. The number of hydrogen-bond acceptors (Lipinski definition) is 5. The molecule has 158 valence electrons.